The summed E-state index contributed by atoms with van der Waals surface area (Å²) < 4.78 is 4.97. The van der Waals surface area contributed by atoms with Crippen LogP contribution < -0.4 is 0 Å². The summed E-state index contributed by atoms with van der Waals surface area (Å²) in [5.41, 5.74) is 1.01. The average Bonchev–Trinajstić information content (AvgIpc) is 2.93. The Morgan fingerprint density at radius 1 is 1.33 bits per heavy atom. The highest BCUT2D eigenvalue weighted by Crippen LogP contribution is 2.37. The van der Waals surface area contributed by atoms with Crippen LogP contribution in [0.15, 0.2) is 35.3 Å². The maximum absolute atomic E-state index is 12.3. The second kappa shape index (κ2) is 6.20. The van der Waals surface area contributed by atoms with Crippen molar-refractivity contribution in [3.63, 3.8) is 0 Å². The topological polar surface area (TPSA) is 55.7 Å². The molecule has 1 aliphatic heterocycles. The smallest absolute Gasteiger partial charge is 0.334 e. The molecule has 0 spiro atoms. The SMILES string of the molecule is COC(=O)[C@@]1([C@@H](C)CC(C)=O)CCC(c2ccccc2)=N1. The Morgan fingerprint density at radius 3 is 2.57 bits per heavy atom. The number of ketones is 1. The molecule has 4 nitrogen and oxygen atoms in total. The van der Waals surface area contributed by atoms with Crippen LogP contribution in [0.3, 0.4) is 0 Å². The monoisotopic (exact) mass is 287 g/mol. The number of ether oxygens (including phenoxy) is 1. The van der Waals surface area contributed by atoms with Crippen LogP contribution in [-0.2, 0) is 14.3 Å². The van der Waals surface area contributed by atoms with Crippen molar-refractivity contribution in [2.75, 3.05) is 7.11 Å². The van der Waals surface area contributed by atoms with Crippen molar-refractivity contribution in [1.29, 1.82) is 0 Å². The number of esters is 1. The molecule has 0 saturated carbocycles. The molecule has 0 saturated heterocycles. The molecule has 0 bridgehead atoms. The van der Waals surface area contributed by atoms with Crippen molar-refractivity contribution < 1.29 is 14.3 Å². The van der Waals surface area contributed by atoms with Gasteiger partial charge < -0.3 is 9.53 Å². The summed E-state index contributed by atoms with van der Waals surface area (Å²) in [6, 6.07) is 9.83. The number of nitrogens with zero attached hydrogens (tertiary/aromatic N) is 1. The van der Waals surface area contributed by atoms with Crippen molar-refractivity contribution in [3.05, 3.63) is 35.9 Å². The Kier molecular flexibility index (Phi) is 4.56. The second-order valence-corrected chi connectivity index (χ2v) is 5.65. The largest absolute Gasteiger partial charge is 0.467 e. The van der Waals surface area contributed by atoms with Crippen LogP contribution in [-0.4, -0.2) is 30.1 Å². The average molecular weight is 287 g/mol. The fourth-order valence-electron chi connectivity index (χ4n) is 2.98. The molecule has 1 aliphatic rings. The third-order valence-electron chi connectivity index (χ3n) is 4.13. The molecule has 112 valence electrons. The summed E-state index contributed by atoms with van der Waals surface area (Å²) in [5.74, 6) is -0.444. The molecule has 1 heterocycles. The van der Waals surface area contributed by atoms with E-state index >= 15 is 0 Å². The van der Waals surface area contributed by atoms with Crippen molar-refractivity contribution in [2.45, 2.75) is 38.6 Å². The van der Waals surface area contributed by atoms with Crippen LogP contribution in [0.25, 0.3) is 0 Å². The fourth-order valence-corrected chi connectivity index (χ4v) is 2.98. The molecule has 0 unspecified atom stereocenters. The van der Waals surface area contributed by atoms with Crippen molar-refractivity contribution in [3.8, 4) is 0 Å². The lowest BCUT2D eigenvalue weighted by atomic mass is 9.80. The Hall–Kier alpha value is -1.97. The summed E-state index contributed by atoms with van der Waals surface area (Å²) in [6.45, 7) is 3.44. The first-order valence-corrected chi connectivity index (χ1v) is 7.21. The lowest BCUT2D eigenvalue weighted by molar-refractivity contribution is -0.149. The van der Waals surface area contributed by atoms with E-state index in [1.54, 1.807) is 0 Å². The Morgan fingerprint density at radius 2 is 2.00 bits per heavy atom. The van der Waals surface area contributed by atoms with E-state index in [1.807, 2.05) is 37.3 Å². The molecule has 1 aromatic rings. The van der Waals surface area contributed by atoms with Gasteiger partial charge in [0.25, 0.3) is 0 Å². The van der Waals surface area contributed by atoms with Crippen molar-refractivity contribution >= 4 is 17.5 Å². The maximum atomic E-state index is 12.3. The van der Waals surface area contributed by atoms with Gasteiger partial charge in [0.15, 0.2) is 5.54 Å². The molecule has 2 rings (SSSR count). The predicted molar refractivity (Wildman–Crippen MR) is 81.4 cm³/mol. The Labute approximate surface area is 125 Å². The molecule has 21 heavy (non-hydrogen) atoms. The quantitative estimate of drug-likeness (QED) is 0.782. The summed E-state index contributed by atoms with van der Waals surface area (Å²) in [4.78, 5) is 28.4. The summed E-state index contributed by atoms with van der Waals surface area (Å²) in [7, 11) is 1.38. The van der Waals surface area contributed by atoms with Crippen LogP contribution in [0.5, 0.6) is 0 Å². The number of rotatable bonds is 5. The first-order chi connectivity index (χ1) is 9.99. The summed E-state index contributed by atoms with van der Waals surface area (Å²) in [6.07, 6.45) is 1.65. The molecule has 0 N–H and O–H groups in total. The van der Waals surface area contributed by atoms with Gasteiger partial charge in [-0.3, -0.25) is 4.99 Å². The highest BCUT2D eigenvalue weighted by atomic mass is 16.5. The molecule has 0 fully saturated rings. The van der Waals surface area contributed by atoms with Gasteiger partial charge in [0.1, 0.15) is 5.78 Å². The van der Waals surface area contributed by atoms with E-state index in [2.05, 4.69) is 0 Å². The zero-order valence-electron chi connectivity index (χ0n) is 12.8. The van der Waals surface area contributed by atoms with E-state index < -0.39 is 5.54 Å². The number of carbonyl (C=O) groups is 2. The van der Waals surface area contributed by atoms with Gasteiger partial charge in [-0.1, -0.05) is 37.3 Å². The normalized spacial score (nSPS) is 22.5. The van der Waals surface area contributed by atoms with E-state index in [9.17, 15) is 9.59 Å². The first-order valence-electron chi connectivity index (χ1n) is 7.21. The van der Waals surface area contributed by atoms with Crippen LogP contribution in [0.4, 0.5) is 0 Å². The van der Waals surface area contributed by atoms with E-state index in [1.165, 1.54) is 14.0 Å². The van der Waals surface area contributed by atoms with Gasteiger partial charge in [-0.15, -0.1) is 0 Å². The van der Waals surface area contributed by atoms with Gasteiger partial charge in [0.05, 0.1) is 7.11 Å². The molecular weight excluding hydrogens is 266 g/mol. The van der Waals surface area contributed by atoms with Crippen LogP contribution >= 0.6 is 0 Å². The first kappa shape index (κ1) is 15.4. The molecule has 0 aromatic heterocycles. The van der Waals surface area contributed by atoms with Gasteiger partial charge in [0.2, 0.25) is 0 Å². The molecule has 0 aliphatic carbocycles. The summed E-state index contributed by atoms with van der Waals surface area (Å²) in [5, 5.41) is 0. The number of Topliss-reactive ketones (excluding diaryl/α,β-unsaturated/α-hetero) is 1. The van der Waals surface area contributed by atoms with E-state index in [-0.39, 0.29) is 17.7 Å². The third kappa shape index (κ3) is 3.04. The van der Waals surface area contributed by atoms with Gasteiger partial charge in [0, 0.05) is 12.1 Å². The fraction of sp³-hybridized carbons (Fsp3) is 0.471. The number of methoxy groups -OCH3 is 1. The van der Waals surface area contributed by atoms with Crippen LogP contribution in [0.2, 0.25) is 0 Å². The van der Waals surface area contributed by atoms with Gasteiger partial charge in [-0.25, -0.2) is 4.79 Å². The van der Waals surface area contributed by atoms with E-state index in [0.29, 0.717) is 12.8 Å². The molecule has 1 aromatic carbocycles. The highest BCUT2D eigenvalue weighted by molar-refractivity contribution is 6.04. The highest BCUT2D eigenvalue weighted by Gasteiger charge is 2.48. The molecular formula is C17H21NO3. The minimum Gasteiger partial charge on any atom is -0.467 e. The number of benzene rings is 1. The standard InChI is InChI=1S/C17H21NO3/c1-12(11-13(2)19)17(16(20)21-3)10-9-15(18-17)14-7-5-4-6-8-14/h4-8,12H,9-11H2,1-3H3/t12-,17-/m0/s1. The number of hydrogen-bond donors (Lipinski definition) is 0. The van der Waals surface area contributed by atoms with Gasteiger partial charge in [-0.05, 0) is 31.2 Å². The zero-order valence-corrected chi connectivity index (χ0v) is 12.8. The Balaban J connectivity index is 2.37. The number of aliphatic imine (C=N–C) groups is 1. The minimum atomic E-state index is -0.925. The molecule has 0 amide bonds. The van der Waals surface area contributed by atoms with Gasteiger partial charge >= 0.3 is 5.97 Å². The van der Waals surface area contributed by atoms with E-state index in [4.69, 9.17) is 9.73 Å². The molecule has 4 heteroatoms. The lowest BCUT2D eigenvalue weighted by Crippen LogP contribution is -2.43. The van der Waals surface area contributed by atoms with Crippen molar-refractivity contribution in [2.24, 2.45) is 10.9 Å². The number of hydrogen-bond acceptors (Lipinski definition) is 4. The van der Waals surface area contributed by atoms with E-state index in [0.717, 1.165) is 17.7 Å². The maximum Gasteiger partial charge on any atom is 0.334 e. The minimum absolute atomic E-state index is 0.0640. The molecule has 0 radical (unpaired) electrons. The lowest BCUT2D eigenvalue weighted by Gasteiger charge is -2.29. The van der Waals surface area contributed by atoms with Gasteiger partial charge in [-0.2, -0.15) is 0 Å². The second-order valence-electron chi connectivity index (χ2n) is 5.65. The molecule has 2 atom stereocenters. The van der Waals surface area contributed by atoms with Crippen LogP contribution in [0, 0.1) is 5.92 Å². The third-order valence-corrected chi connectivity index (χ3v) is 4.13. The number of carbonyl (C=O) groups excluding carboxylic acids is 2. The van der Waals surface area contributed by atoms with Crippen molar-refractivity contribution in [1.82, 2.24) is 0 Å². The summed E-state index contributed by atoms with van der Waals surface area (Å²) >= 11 is 0. The Bertz CT molecular complexity index is 565. The zero-order chi connectivity index (χ0) is 15.5. The van der Waals surface area contributed by atoms with Crippen LogP contribution in [0.1, 0.15) is 38.7 Å². The predicted octanol–water partition coefficient (Wildman–Crippen LogP) is 2.80.